The van der Waals surface area contributed by atoms with Crippen molar-refractivity contribution in [1.82, 2.24) is 14.3 Å². The molecule has 0 spiro atoms. The number of piperazine rings is 1. The van der Waals surface area contributed by atoms with Gasteiger partial charge in [0.25, 0.3) is 0 Å². The Balaban J connectivity index is 1.84. The van der Waals surface area contributed by atoms with Gasteiger partial charge in [-0.15, -0.1) is 0 Å². The Morgan fingerprint density at radius 3 is 2.70 bits per heavy atom. The molecule has 1 fully saturated rings. The SMILES string of the molecule is CCCN1CCN(c2nc3ccccn3c2CBr)CC1. The van der Waals surface area contributed by atoms with Gasteiger partial charge in [0, 0.05) is 37.7 Å². The van der Waals surface area contributed by atoms with E-state index in [4.69, 9.17) is 4.98 Å². The summed E-state index contributed by atoms with van der Waals surface area (Å²) in [6, 6.07) is 6.18. The summed E-state index contributed by atoms with van der Waals surface area (Å²) in [5, 5.41) is 0.836. The van der Waals surface area contributed by atoms with Gasteiger partial charge in [-0.05, 0) is 25.1 Å². The van der Waals surface area contributed by atoms with Crippen molar-refractivity contribution in [3.8, 4) is 0 Å². The van der Waals surface area contributed by atoms with E-state index < -0.39 is 0 Å². The maximum absolute atomic E-state index is 4.82. The number of halogens is 1. The summed E-state index contributed by atoms with van der Waals surface area (Å²) < 4.78 is 2.18. The van der Waals surface area contributed by atoms with Crippen LogP contribution in [-0.2, 0) is 5.33 Å². The first kappa shape index (κ1) is 13.9. The third-order valence-corrected chi connectivity index (χ3v) is 4.48. The smallest absolute Gasteiger partial charge is 0.152 e. The van der Waals surface area contributed by atoms with Crippen LogP contribution < -0.4 is 4.90 Å². The first-order valence-corrected chi connectivity index (χ1v) is 8.45. The summed E-state index contributed by atoms with van der Waals surface area (Å²) in [7, 11) is 0. The van der Waals surface area contributed by atoms with Gasteiger partial charge in [0.2, 0.25) is 0 Å². The van der Waals surface area contributed by atoms with E-state index in [2.05, 4.69) is 55.4 Å². The van der Waals surface area contributed by atoms with E-state index in [9.17, 15) is 0 Å². The highest BCUT2D eigenvalue weighted by atomic mass is 79.9. The van der Waals surface area contributed by atoms with E-state index >= 15 is 0 Å². The Morgan fingerprint density at radius 1 is 1.20 bits per heavy atom. The zero-order chi connectivity index (χ0) is 13.9. The molecule has 1 saturated heterocycles. The lowest BCUT2D eigenvalue weighted by molar-refractivity contribution is 0.258. The second-order valence-corrected chi connectivity index (χ2v) is 5.83. The summed E-state index contributed by atoms with van der Waals surface area (Å²) in [6.45, 7) is 7.89. The Kier molecular flexibility index (Phi) is 4.27. The van der Waals surface area contributed by atoms with Crippen LogP contribution in [0.25, 0.3) is 5.65 Å². The lowest BCUT2D eigenvalue weighted by atomic mass is 10.3. The summed E-state index contributed by atoms with van der Waals surface area (Å²) in [6.07, 6.45) is 3.33. The molecule has 0 N–H and O–H groups in total. The molecule has 4 nitrogen and oxygen atoms in total. The predicted octanol–water partition coefficient (Wildman–Crippen LogP) is 2.76. The van der Waals surface area contributed by atoms with Crippen LogP contribution in [0.4, 0.5) is 5.82 Å². The zero-order valence-electron chi connectivity index (χ0n) is 11.9. The Morgan fingerprint density at radius 2 is 2.00 bits per heavy atom. The van der Waals surface area contributed by atoms with Crippen molar-refractivity contribution in [3.05, 3.63) is 30.1 Å². The zero-order valence-corrected chi connectivity index (χ0v) is 13.5. The van der Waals surface area contributed by atoms with Crippen molar-refractivity contribution in [1.29, 1.82) is 0 Å². The number of hydrogen-bond donors (Lipinski definition) is 0. The number of imidazole rings is 1. The van der Waals surface area contributed by atoms with Crippen molar-refractivity contribution < 1.29 is 0 Å². The molecule has 0 unspecified atom stereocenters. The van der Waals surface area contributed by atoms with Crippen molar-refractivity contribution in [2.45, 2.75) is 18.7 Å². The first-order chi connectivity index (χ1) is 9.83. The molecule has 3 rings (SSSR count). The standard InChI is InChI=1S/C15H21BrN4/c1-2-6-18-8-10-19(11-9-18)15-13(12-16)20-7-4-3-5-14(20)17-15/h3-5,7H,2,6,8-12H2,1H3. The molecular formula is C15H21BrN4. The molecule has 2 aromatic rings. The largest absolute Gasteiger partial charge is 0.352 e. The van der Waals surface area contributed by atoms with Crippen LogP contribution in [0.5, 0.6) is 0 Å². The van der Waals surface area contributed by atoms with Gasteiger partial charge in [-0.25, -0.2) is 4.98 Å². The van der Waals surface area contributed by atoms with Gasteiger partial charge in [0.1, 0.15) is 5.65 Å². The van der Waals surface area contributed by atoms with Gasteiger partial charge < -0.3 is 9.30 Å². The minimum absolute atomic E-state index is 0.836. The highest BCUT2D eigenvalue weighted by Crippen LogP contribution is 2.25. The quantitative estimate of drug-likeness (QED) is 0.802. The van der Waals surface area contributed by atoms with Crippen LogP contribution in [0, 0.1) is 0 Å². The summed E-state index contributed by atoms with van der Waals surface area (Å²) >= 11 is 3.61. The van der Waals surface area contributed by atoms with Crippen LogP contribution in [0.15, 0.2) is 24.4 Å². The fourth-order valence-electron chi connectivity index (χ4n) is 2.91. The van der Waals surface area contributed by atoms with E-state index in [-0.39, 0.29) is 0 Å². The van der Waals surface area contributed by atoms with Gasteiger partial charge >= 0.3 is 0 Å². The normalized spacial score (nSPS) is 17.0. The monoisotopic (exact) mass is 336 g/mol. The van der Waals surface area contributed by atoms with E-state index in [1.54, 1.807) is 0 Å². The lowest BCUT2D eigenvalue weighted by Crippen LogP contribution is -2.47. The maximum atomic E-state index is 4.82. The molecule has 5 heteroatoms. The van der Waals surface area contributed by atoms with E-state index in [0.29, 0.717) is 0 Å². The van der Waals surface area contributed by atoms with E-state index in [1.165, 1.54) is 18.7 Å². The van der Waals surface area contributed by atoms with Gasteiger partial charge in [0.15, 0.2) is 5.82 Å². The summed E-state index contributed by atoms with van der Waals surface area (Å²) in [5.41, 5.74) is 2.29. The Labute approximate surface area is 128 Å². The molecule has 3 heterocycles. The van der Waals surface area contributed by atoms with Crippen LogP contribution in [0.2, 0.25) is 0 Å². The number of hydrogen-bond acceptors (Lipinski definition) is 3. The molecule has 0 aliphatic carbocycles. The van der Waals surface area contributed by atoms with Gasteiger partial charge in [-0.2, -0.15) is 0 Å². The lowest BCUT2D eigenvalue weighted by Gasteiger charge is -2.35. The van der Waals surface area contributed by atoms with Crippen molar-refractivity contribution >= 4 is 27.4 Å². The molecule has 1 aliphatic heterocycles. The van der Waals surface area contributed by atoms with Gasteiger partial charge in [-0.1, -0.05) is 28.9 Å². The summed E-state index contributed by atoms with van der Waals surface area (Å²) in [5.74, 6) is 1.14. The average molecular weight is 337 g/mol. The second kappa shape index (κ2) is 6.14. The number of aromatic nitrogens is 2. The Hall–Kier alpha value is -1.07. The molecule has 0 amide bonds. The number of nitrogens with zero attached hydrogens (tertiary/aromatic N) is 4. The molecule has 0 radical (unpaired) electrons. The van der Waals surface area contributed by atoms with Crippen molar-refractivity contribution in [3.63, 3.8) is 0 Å². The van der Waals surface area contributed by atoms with Crippen molar-refractivity contribution in [2.24, 2.45) is 0 Å². The van der Waals surface area contributed by atoms with Crippen molar-refractivity contribution in [2.75, 3.05) is 37.6 Å². The fraction of sp³-hybridized carbons (Fsp3) is 0.533. The Bertz CT molecular complexity index is 572. The fourth-order valence-corrected chi connectivity index (χ4v) is 3.43. The maximum Gasteiger partial charge on any atom is 0.152 e. The van der Waals surface area contributed by atoms with Crippen LogP contribution in [-0.4, -0.2) is 47.0 Å². The number of pyridine rings is 1. The molecule has 0 saturated carbocycles. The molecule has 20 heavy (non-hydrogen) atoms. The summed E-state index contributed by atoms with van der Waals surface area (Å²) in [4.78, 5) is 9.79. The van der Waals surface area contributed by atoms with Crippen LogP contribution in [0.3, 0.4) is 0 Å². The van der Waals surface area contributed by atoms with E-state index in [0.717, 1.165) is 43.0 Å². The molecule has 0 bridgehead atoms. The second-order valence-electron chi connectivity index (χ2n) is 5.27. The highest BCUT2D eigenvalue weighted by molar-refractivity contribution is 9.08. The van der Waals surface area contributed by atoms with Crippen LogP contribution >= 0.6 is 15.9 Å². The van der Waals surface area contributed by atoms with Crippen LogP contribution in [0.1, 0.15) is 19.0 Å². The third-order valence-electron chi connectivity index (χ3n) is 3.95. The van der Waals surface area contributed by atoms with Gasteiger partial charge in [0.05, 0.1) is 5.69 Å². The molecule has 108 valence electrons. The third kappa shape index (κ3) is 2.56. The predicted molar refractivity (Wildman–Crippen MR) is 86.8 cm³/mol. The topological polar surface area (TPSA) is 23.8 Å². The number of fused-ring (bicyclic) bond motifs is 1. The molecule has 1 aliphatic rings. The molecule has 0 atom stereocenters. The highest BCUT2D eigenvalue weighted by Gasteiger charge is 2.21. The van der Waals surface area contributed by atoms with Gasteiger partial charge in [-0.3, -0.25) is 4.90 Å². The number of anilines is 1. The minimum Gasteiger partial charge on any atom is -0.352 e. The first-order valence-electron chi connectivity index (χ1n) is 7.32. The molecule has 2 aromatic heterocycles. The molecular weight excluding hydrogens is 316 g/mol. The minimum atomic E-state index is 0.836. The number of alkyl halides is 1. The average Bonchev–Trinajstić information content (AvgIpc) is 2.87. The number of rotatable bonds is 4. The van der Waals surface area contributed by atoms with E-state index in [1.807, 2.05) is 6.07 Å². The molecule has 0 aromatic carbocycles.